The SMILES string of the molecule is CCOC(=O)N1CCC(NC(=O)C2(C(N)=NO)CC2)CC1. The Morgan fingerprint density at radius 2 is 2.05 bits per heavy atom. The first kappa shape index (κ1) is 15.4. The molecule has 1 saturated carbocycles. The van der Waals surface area contributed by atoms with Gasteiger partial charge in [-0.3, -0.25) is 4.79 Å². The highest BCUT2D eigenvalue weighted by atomic mass is 16.6. The van der Waals surface area contributed by atoms with E-state index < -0.39 is 5.41 Å². The number of carbonyl (C=O) groups is 2. The van der Waals surface area contributed by atoms with E-state index in [4.69, 9.17) is 15.7 Å². The quantitative estimate of drug-likeness (QED) is 0.298. The van der Waals surface area contributed by atoms with Crippen LogP contribution in [-0.2, 0) is 9.53 Å². The van der Waals surface area contributed by atoms with E-state index in [9.17, 15) is 9.59 Å². The molecule has 1 saturated heterocycles. The maximum atomic E-state index is 12.2. The van der Waals surface area contributed by atoms with E-state index in [-0.39, 0.29) is 23.9 Å². The van der Waals surface area contributed by atoms with Gasteiger partial charge >= 0.3 is 6.09 Å². The summed E-state index contributed by atoms with van der Waals surface area (Å²) in [7, 11) is 0. The molecule has 1 heterocycles. The number of nitrogens with one attached hydrogen (secondary N) is 1. The van der Waals surface area contributed by atoms with Crippen molar-refractivity contribution in [2.24, 2.45) is 16.3 Å². The number of ether oxygens (including phenoxy) is 1. The number of amidine groups is 1. The van der Waals surface area contributed by atoms with Crippen LogP contribution in [0.25, 0.3) is 0 Å². The molecule has 4 N–H and O–H groups in total. The van der Waals surface area contributed by atoms with Crippen molar-refractivity contribution in [2.75, 3.05) is 19.7 Å². The van der Waals surface area contributed by atoms with Crippen LogP contribution in [0, 0.1) is 5.41 Å². The number of oxime groups is 1. The standard InChI is InChI=1S/C13H22N4O4/c1-2-21-12(19)17-7-3-9(4-8-17)15-11(18)13(5-6-13)10(14)16-20/h9,20H,2-8H2,1H3,(H2,14,16)(H,15,18). The van der Waals surface area contributed by atoms with E-state index in [1.165, 1.54) is 0 Å². The van der Waals surface area contributed by atoms with E-state index in [0.29, 0.717) is 45.4 Å². The summed E-state index contributed by atoms with van der Waals surface area (Å²) in [5.41, 5.74) is 4.76. The molecule has 0 atom stereocenters. The molecule has 0 aromatic carbocycles. The lowest BCUT2D eigenvalue weighted by Gasteiger charge is -2.32. The van der Waals surface area contributed by atoms with Gasteiger partial charge in [-0.2, -0.15) is 0 Å². The molecule has 0 unspecified atom stereocenters. The zero-order valence-electron chi connectivity index (χ0n) is 12.2. The third-order valence-corrected chi connectivity index (χ3v) is 4.14. The van der Waals surface area contributed by atoms with Gasteiger partial charge in [-0.1, -0.05) is 5.16 Å². The number of nitrogens with two attached hydrogens (primary N) is 1. The second-order valence-corrected chi connectivity index (χ2v) is 5.50. The summed E-state index contributed by atoms with van der Waals surface area (Å²) in [6.45, 7) is 3.24. The Morgan fingerprint density at radius 3 is 2.52 bits per heavy atom. The summed E-state index contributed by atoms with van der Waals surface area (Å²) in [6, 6.07) is 0.00662. The van der Waals surface area contributed by atoms with E-state index in [1.54, 1.807) is 11.8 Å². The Balaban J connectivity index is 1.82. The van der Waals surface area contributed by atoms with Crippen molar-refractivity contribution >= 4 is 17.8 Å². The Labute approximate surface area is 123 Å². The number of piperidine rings is 1. The minimum Gasteiger partial charge on any atom is -0.450 e. The van der Waals surface area contributed by atoms with Crippen LogP contribution < -0.4 is 11.1 Å². The monoisotopic (exact) mass is 298 g/mol. The van der Waals surface area contributed by atoms with Gasteiger partial charge in [0.1, 0.15) is 5.41 Å². The fourth-order valence-corrected chi connectivity index (χ4v) is 2.56. The Kier molecular flexibility index (Phi) is 4.54. The summed E-state index contributed by atoms with van der Waals surface area (Å²) in [5, 5.41) is 14.6. The van der Waals surface area contributed by atoms with Crippen LogP contribution in [0.15, 0.2) is 5.16 Å². The minimum absolute atomic E-state index is 0.00662. The largest absolute Gasteiger partial charge is 0.450 e. The van der Waals surface area contributed by atoms with Crippen molar-refractivity contribution in [1.29, 1.82) is 0 Å². The molecule has 118 valence electrons. The number of nitrogens with zero attached hydrogens (tertiary/aromatic N) is 2. The molecule has 0 spiro atoms. The van der Waals surface area contributed by atoms with Crippen molar-refractivity contribution in [3.63, 3.8) is 0 Å². The summed E-state index contributed by atoms with van der Waals surface area (Å²) >= 11 is 0. The van der Waals surface area contributed by atoms with Gasteiger partial charge in [-0.05, 0) is 32.6 Å². The summed E-state index contributed by atoms with van der Waals surface area (Å²) in [4.78, 5) is 25.4. The molecule has 0 aromatic rings. The topological polar surface area (TPSA) is 117 Å². The van der Waals surface area contributed by atoms with Gasteiger partial charge < -0.3 is 25.9 Å². The van der Waals surface area contributed by atoms with Crippen LogP contribution in [0.1, 0.15) is 32.6 Å². The lowest BCUT2D eigenvalue weighted by atomic mass is 10.0. The summed E-state index contributed by atoms with van der Waals surface area (Å²) in [5.74, 6) is -0.212. The number of hydrogen-bond acceptors (Lipinski definition) is 5. The van der Waals surface area contributed by atoms with Gasteiger partial charge in [0.05, 0.1) is 6.61 Å². The van der Waals surface area contributed by atoms with Gasteiger partial charge in [-0.15, -0.1) is 0 Å². The molecule has 8 heteroatoms. The number of rotatable bonds is 4. The van der Waals surface area contributed by atoms with E-state index in [2.05, 4.69) is 10.5 Å². The zero-order valence-corrected chi connectivity index (χ0v) is 12.2. The molecular weight excluding hydrogens is 276 g/mol. The van der Waals surface area contributed by atoms with Crippen LogP contribution in [0.4, 0.5) is 4.79 Å². The third kappa shape index (κ3) is 3.20. The van der Waals surface area contributed by atoms with Gasteiger partial charge in [0, 0.05) is 19.1 Å². The molecule has 21 heavy (non-hydrogen) atoms. The first-order valence-electron chi connectivity index (χ1n) is 7.24. The zero-order chi connectivity index (χ0) is 15.5. The average molecular weight is 298 g/mol. The molecule has 0 bridgehead atoms. The van der Waals surface area contributed by atoms with Crippen LogP contribution in [0.5, 0.6) is 0 Å². The van der Waals surface area contributed by atoms with Crippen molar-refractivity contribution < 1.29 is 19.5 Å². The molecule has 2 rings (SSSR count). The smallest absolute Gasteiger partial charge is 0.409 e. The van der Waals surface area contributed by atoms with E-state index in [1.807, 2.05) is 0 Å². The predicted molar refractivity (Wildman–Crippen MR) is 74.8 cm³/mol. The first-order chi connectivity index (χ1) is 10.0. The van der Waals surface area contributed by atoms with Gasteiger partial charge in [-0.25, -0.2) is 4.79 Å². The highest BCUT2D eigenvalue weighted by molar-refractivity contribution is 6.09. The lowest BCUT2D eigenvalue weighted by molar-refractivity contribution is -0.125. The number of amides is 2. The maximum absolute atomic E-state index is 12.2. The Hall–Kier alpha value is -1.99. The predicted octanol–water partition coefficient (Wildman–Crippen LogP) is 0.250. The normalized spacial score (nSPS) is 21.8. The number of carbonyl (C=O) groups excluding carboxylic acids is 2. The molecule has 2 aliphatic rings. The Bertz CT molecular complexity index is 439. The second-order valence-electron chi connectivity index (χ2n) is 5.50. The molecule has 0 radical (unpaired) electrons. The molecule has 2 fully saturated rings. The lowest BCUT2D eigenvalue weighted by Crippen LogP contribution is -2.50. The highest BCUT2D eigenvalue weighted by Crippen LogP contribution is 2.46. The molecule has 1 aliphatic carbocycles. The molecule has 0 aromatic heterocycles. The molecule has 1 aliphatic heterocycles. The minimum atomic E-state index is -0.826. The summed E-state index contributed by atoms with van der Waals surface area (Å²) in [6.07, 6.45) is 2.26. The number of likely N-dealkylation sites (tertiary alicyclic amines) is 1. The number of hydrogen-bond donors (Lipinski definition) is 3. The van der Waals surface area contributed by atoms with E-state index in [0.717, 1.165) is 0 Å². The van der Waals surface area contributed by atoms with Gasteiger partial charge in [0.2, 0.25) is 5.91 Å². The van der Waals surface area contributed by atoms with Crippen molar-refractivity contribution in [3.8, 4) is 0 Å². The van der Waals surface area contributed by atoms with Crippen LogP contribution in [-0.4, -0.2) is 53.7 Å². The molecule has 2 amide bonds. The van der Waals surface area contributed by atoms with Gasteiger partial charge in [0.25, 0.3) is 0 Å². The Morgan fingerprint density at radius 1 is 1.43 bits per heavy atom. The fraction of sp³-hybridized carbons (Fsp3) is 0.769. The maximum Gasteiger partial charge on any atom is 0.409 e. The average Bonchev–Trinajstić information content (AvgIpc) is 3.29. The fourth-order valence-electron chi connectivity index (χ4n) is 2.56. The van der Waals surface area contributed by atoms with Crippen LogP contribution in [0.2, 0.25) is 0 Å². The highest BCUT2D eigenvalue weighted by Gasteiger charge is 2.54. The van der Waals surface area contributed by atoms with Crippen LogP contribution >= 0.6 is 0 Å². The third-order valence-electron chi connectivity index (χ3n) is 4.14. The van der Waals surface area contributed by atoms with Crippen molar-refractivity contribution in [2.45, 2.75) is 38.6 Å². The van der Waals surface area contributed by atoms with E-state index >= 15 is 0 Å². The first-order valence-corrected chi connectivity index (χ1v) is 7.24. The summed E-state index contributed by atoms with van der Waals surface area (Å²) < 4.78 is 4.95. The molecular formula is C13H22N4O4. The van der Waals surface area contributed by atoms with Gasteiger partial charge in [0.15, 0.2) is 5.84 Å². The second kappa shape index (κ2) is 6.19. The van der Waals surface area contributed by atoms with Crippen molar-refractivity contribution in [1.82, 2.24) is 10.2 Å². The van der Waals surface area contributed by atoms with Crippen molar-refractivity contribution in [3.05, 3.63) is 0 Å². The molecule has 8 nitrogen and oxygen atoms in total. The van der Waals surface area contributed by atoms with Crippen LogP contribution in [0.3, 0.4) is 0 Å².